The van der Waals surface area contributed by atoms with Gasteiger partial charge in [0.1, 0.15) is 5.69 Å². The molecule has 0 unspecified atom stereocenters. The third-order valence-corrected chi connectivity index (χ3v) is 2.13. The van der Waals surface area contributed by atoms with Gasteiger partial charge in [0.05, 0.1) is 6.61 Å². The van der Waals surface area contributed by atoms with Crippen molar-refractivity contribution in [3.63, 3.8) is 0 Å². The molecule has 0 bridgehead atoms. The van der Waals surface area contributed by atoms with Crippen LogP contribution in [0.3, 0.4) is 0 Å². The van der Waals surface area contributed by atoms with Crippen LogP contribution < -0.4 is 0 Å². The molecule has 0 saturated heterocycles. The maximum Gasteiger partial charge on any atom is 0.248 e. The van der Waals surface area contributed by atoms with Crippen LogP contribution in [0.2, 0.25) is 0 Å². The molecule has 0 fully saturated rings. The Labute approximate surface area is 86.6 Å². The Morgan fingerprint density at radius 1 is 1.53 bits per heavy atom. The van der Waals surface area contributed by atoms with Crippen LogP contribution in [0.25, 0.3) is 0 Å². The van der Waals surface area contributed by atoms with Gasteiger partial charge in [0.25, 0.3) is 0 Å². The monoisotopic (exact) mass is 207 g/mol. The molecule has 2 heterocycles. The van der Waals surface area contributed by atoms with Crippen LogP contribution in [0.5, 0.6) is 0 Å². The van der Waals surface area contributed by atoms with Crippen LogP contribution in [0.15, 0.2) is 30.2 Å². The molecule has 2 rings (SSSR count). The van der Waals surface area contributed by atoms with E-state index in [1.165, 1.54) is 18.3 Å². The minimum atomic E-state index is -0.613. The van der Waals surface area contributed by atoms with Crippen LogP contribution in [0, 0.1) is 5.82 Å². The molecule has 0 atom stereocenters. The number of ether oxygens (including phenoxy) is 1. The molecular formula is C11H10FNO2. The van der Waals surface area contributed by atoms with Crippen LogP contribution in [-0.2, 0) is 4.74 Å². The number of carbonyl (C=O) groups excluding carboxylic acids is 1. The topological polar surface area (TPSA) is 39.2 Å². The number of aromatic nitrogens is 1. The average Bonchev–Trinajstić information content (AvgIpc) is 2.30. The minimum absolute atomic E-state index is 0.175. The van der Waals surface area contributed by atoms with Crippen molar-refractivity contribution in [2.45, 2.75) is 12.8 Å². The van der Waals surface area contributed by atoms with Crippen LogP contribution in [0.1, 0.15) is 23.3 Å². The molecule has 0 saturated carbocycles. The number of Topliss-reactive ketones (excluding diaryl/α,β-unsaturated/α-hetero) is 1. The van der Waals surface area contributed by atoms with Gasteiger partial charge in [-0.15, -0.1) is 0 Å². The summed E-state index contributed by atoms with van der Waals surface area (Å²) in [6.45, 7) is 0.506. The maximum atomic E-state index is 13.2. The molecule has 0 amide bonds. The van der Waals surface area contributed by atoms with Crippen molar-refractivity contribution in [2.24, 2.45) is 0 Å². The van der Waals surface area contributed by atoms with Crippen LogP contribution in [0.4, 0.5) is 4.39 Å². The summed E-state index contributed by atoms with van der Waals surface area (Å²) in [6.07, 6.45) is 4.75. The zero-order chi connectivity index (χ0) is 10.7. The number of allylic oxidation sites excluding steroid dienone is 2. The van der Waals surface area contributed by atoms with Gasteiger partial charge in [0.15, 0.2) is 11.6 Å². The quantitative estimate of drug-likeness (QED) is 0.697. The second kappa shape index (κ2) is 4.21. The lowest BCUT2D eigenvalue weighted by molar-refractivity contribution is 0.0890. The van der Waals surface area contributed by atoms with Gasteiger partial charge < -0.3 is 4.74 Å². The van der Waals surface area contributed by atoms with Crippen LogP contribution >= 0.6 is 0 Å². The van der Waals surface area contributed by atoms with E-state index in [0.29, 0.717) is 6.61 Å². The second-order valence-electron chi connectivity index (χ2n) is 3.22. The standard InChI is InChI=1S/C11H10FNO2/c12-8-4-3-6-13-10(8)11(14)9-5-1-2-7-15-9/h3-6H,1-2,7H2. The summed E-state index contributed by atoms with van der Waals surface area (Å²) in [6, 6.07) is 2.66. The van der Waals surface area contributed by atoms with E-state index in [-0.39, 0.29) is 11.5 Å². The van der Waals surface area contributed by atoms with Crippen molar-refractivity contribution < 1.29 is 13.9 Å². The van der Waals surface area contributed by atoms with Crippen molar-refractivity contribution in [1.29, 1.82) is 0 Å². The fourth-order valence-electron chi connectivity index (χ4n) is 1.39. The molecule has 15 heavy (non-hydrogen) atoms. The summed E-state index contributed by atoms with van der Waals surface area (Å²) in [5.74, 6) is -0.885. The molecule has 3 nitrogen and oxygen atoms in total. The third kappa shape index (κ3) is 2.03. The molecule has 0 aromatic carbocycles. The molecule has 0 N–H and O–H groups in total. The van der Waals surface area contributed by atoms with Gasteiger partial charge in [-0.25, -0.2) is 9.37 Å². The number of hydrogen-bond donors (Lipinski definition) is 0. The van der Waals surface area contributed by atoms with Gasteiger partial charge in [-0.1, -0.05) is 0 Å². The number of hydrogen-bond acceptors (Lipinski definition) is 3. The van der Waals surface area contributed by atoms with E-state index in [1.54, 1.807) is 6.08 Å². The first kappa shape index (κ1) is 9.83. The molecule has 78 valence electrons. The van der Waals surface area contributed by atoms with Crippen molar-refractivity contribution in [1.82, 2.24) is 4.98 Å². The van der Waals surface area contributed by atoms with Gasteiger partial charge in [-0.2, -0.15) is 0 Å². The molecular weight excluding hydrogens is 197 g/mol. The Morgan fingerprint density at radius 3 is 3.07 bits per heavy atom. The first-order chi connectivity index (χ1) is 7.29. The number of rotatable bonds is 2. The summed E-state index contributed by atoms with van der Waals surface area (Å²) >= 11 is 0. The van der Waals surface area contributed by atoms with E-state index >= 15 is 0 Å². The largest absolute Gasteiger partial charge is 0.490 e. The Bertz CT molecular complexity index is 415. The fraction of sp³-hybridized carbons (Fsp3) is 0.273. The van der Waals surface area contributed by atoms with E-state index in [9.17, 15) is 9.18 Å². The zero-order valence-corrected chi connectivity index (χ0v) is 8.07. The lowest BCUT2D eigenvalue weighted by Gasteiger charge is -2.13. The Morgan fingerprint density at radius 2 is 2.40 bits per heavy atom. The van der Waals surface area contributed by atoms with Gasteiger partial charge in [0.2, 0.25) is 5.78 Å². The molecule has 0 aliphatic carbocycles. The molecule has 1 aliphatic heterocycles. The van der Waals surface area contributed by atoms with Gasteiger partial charge in [0, 0.05) is 6.20 Å². The number of carbonyl (C=O) groups is 1. The van der Waals surface area contributed by atoms with Gasteiger partial charge >= 0.3 is 0 Å². The highest BCUT2D eigenvalue weighted by atomic mass is 19.1. The van der Waals surface area contributed by atoms with E-state index in [4.69, 9.17) is 4.74 Å². The van der Waals surface area contributed by atoms with E-state index in [2.05, 4.69) is 4.98 Å². The van der Waals surface area contributed by atoms with Crippen molar-refractivity contribution in [2.75, 3.05) is 6.61 Å². The van der Waals surface area contributed by atoms with Crippen molar-refractivity contribution >= 4 is 5.78 Å². The highest BCUT2D eigenvalue weighted by Crippen LogP contribution is 2.15. The molecule has 1 aromatic heterocycles. The van der Waals surface area contributed by atoms with E-state index in [1.807, 2.05) is 0 Å². The van der Waals surface area contributed by atoms with Crippen LogP contribution in [-0.4, -0.2) is 17.4 Å². The number of pyridine rings is 1. The second-order valence-corrected chi connectivity index (χ2v) is 3.22. The summed E-state index contributed by atoms with van der Waals surface area (Å²) in [4.78, 5) is 15.4. The lowest BCUT2D eigenvalue weighted by Crippen LogP contribution is -2.14. The SMILES string of the molecule is O=C(C1=CCCCO1)c1ncccc1F. The molecule has 0 spiro atoms. The van der Waals surface area contributed by atoms with Gasteiger partial charge in [-0.3, -0.25) is 4.79 Å². The number of nitrogens with zero attached hydrogens (tertiary/aromatic N) is 1. The van der Waals surface area contributed by atoms with E-state index < -0.39 is 11.6 Å². The summed E-state index contributed by atoms with van der Waals surface area (Å²) in [5, 5.41) is 0. The third-order valence-electron chi connectivity index (χ3n) is 2.13. The summed E-state index contributed by atoms with van der Waals surface area (Å²) in [5.41, 5.74) is -0.175. The molecule has 0 radical (unpaired) electrons. The van der Waals surface area contributed by atoms with Crippen molar-refractivity contribution in [3.05, 3.63) is 41.7 Å². The van der Waals surface area contributed by atoms with E-state index in [0.717, 1.165) is 12.8 Å². The fourth-order valence-corrected chi connectivity index (χ4v) is 1.39. The van der Waals surface area contributed by atoms with Gasteiger partial charge in [-0.05, 0) is 31.1 Å². The Hall–Kier alpha value is -1.71. The average molecular weight is 207 g/mol. The predicted molar refractivity (Wildman–Crippen MR) is 51.8 cm³/mol. The predicted octanol–water partition coefficient (Wildman–Crippen LogP) is 2.10. The Kier molecular flexibility index (Phi) is 2.76. The zero-order valence-electron chi connectivity index (χ0n) is 8.07. The lowest BCUT2D eigenvalue weighted by atomic mass is 10.1. The first-order valence-corrected chi connectivity index (χ1v) is 4.77. The van der Waals surface area contributed by atoms with Crippen molar-refractivity contribution in [3.8, 4) is 0 Å². The minimum Gasteiger partial charge on any atom is -0.490 e. The summed E-state index contributed by atoms with van der Waals surface area (Å²) < 4.78 is 18.4. The smallest absolute Gasteiger partial charge is 0.248 e. The summed E-state index contributed by atoms with van der Waals surface area (Å²) in [7, 11) is 0. The first-order valence-electron chi connectivity index (χ1n) is 4.77. The number of ketones is 1. The highest BCUT2D eigenvalue weighted by molar-refractivity contribution is 6.06. The molecule has 4 heteroatoms. The molecule has 1 aromatic rings. The highest BCUT2D eigenvalue weighted by Gasteiger charge is 2.20. The molecule has 1 aliphatic rings. The Balaban J connectivity index is 2.28. The maximum absolute atomic E-state index is 13.2. The normalized spacial score (nSPS) is 15.4. The number of halogens is 1.